The van der Waals surface area contributed by atoms with Crippen LogP contribution in [0.5, 0.6) is 5.75 Å². The molecule has 12 heteroatoms. The molecule has 0 spiro atoms. The van der Waals surface area contributed by atoms with Crippen LogP contribution in [0.1, 0.15) is 210 Å². The monoisotopic (exact) mass is 880 g/mol. The topological polar surface area (TPSA) is 167 Å². The van der Waals surface area contributed by atoms with Crippen LogP contribution >= 0.6 is 0 Å². The summed E-state index contributed by atoms with van der Waals surface area (Å²) < 4.78 is 46.4. The van der Waals surface area contributed by atoms with Crippen molar-refractivity contribution >= 4 is 21.9 Å². The zero-order valence-electron chi connectivity index (χ0n) is 40.0. The van der Waals surface area contributed by atoms with E-state index in [4.69, 9.17) is 25.7 Å². The molecular weight excluding hydrogens is 787 g/mol. The van der Waals surface area contributed by atoms with Gasteiger partial charge in [-0.15, -0.1) is 0 Å². The number of benzene rings is 1. The van der Waals surface area contributed by atoms with Crippen molar-refractivity contribution in [3.8, 4) is 5.75 Å². The largest absolute Gasteiger partial charge is 0.496 e. The number of aliphatic imine (C=N–C) groups is 1. The van der Waals surface area contributed by atoms with Gasteiger partial charge in [-0.1, -0.05) is 168 Å². The molecule has 0 aliphatic rings. The Bertz CT molecular complexity index is 1390. The molecule has 11 nitrogen and oxygen atoms in total. The molecule has 0 saturated heterocycles. The third-order valence-corrected chi connectivity index (χ3v) is 13.4. The van der Waals surface area contributed by atoms with Crippen molar-refractivity contribution in [1.29, 1.82) is 0 Å². The molecule has 1 rings (SSSR count). The van der Waals surface area contributed by atoms with Gasteiger partial charge in [0.05, 0.1) is 30.8 Å². The Kier molecular flexibility index (Phi) is 34.3. The molecule has 61 heavy (non-hydrogen) atoms. The summed E-state index contributed by atoms with van der Waals surface area (Å²) in [6.07, 6.45) is 34.7. The third kappa shape index (κ3) is 28.1. The van der Waals surface area contributed by atoms with Gasteiger partial charge in [0.2, 0.25) is 11.9 Å². The molecule has 1 aromatic carbocycles. The maximum Gasteiger partial charge on any atom is 0.264 e. The number of carbonyl (C=O) groups excluding carboxylic acids is 1. The maximum atomic E-state index is 13.2. The Morgan fingerprint density at radius 1 is 0.689 bits per heavy atom. The van der Waals surface area contributed by atoms with Gasteiger partial charge in [0.25, 0.3) is 10.0 Å². The van der Waals surface area contributed by atoms with E-state index in [0.717, 1.165) is 24.8 Å². The van der Waals surface area contributed by atoms with Gasteiger partial charge < -0.3 is 31.0 Å². The summed E-state index contributed by atoms with van der Waals surface area (Å²) >= 11 is 0. The molecule has 2 atom stereocenters. The minimum absolute atomic E-state index is 0.152. The smallest absolute Gasteiger partial charge is 0.264 e. The molecule has 0 aromatic heterocycles. The summed E-state index contributed by atoms with van der Waals surface area (Å²) in [5.41, 5.74) is 14.1. The van der Waals surface area contributed by atoms with E-state index in [-0.39, 0.29) is 29.4 Å². The first-order chi connectivity index (χ1) is 29.5. The van der Waals surface area contributed by atoms with Crippen LogP contribution in [0.3, 0.4) is 0 Å². The summed E-state index contributed by atoms with van der Waals surface area (Å²) in [5.74, 6) is 0.147. The van der Waals surface area contributed by atoms with Crippen LogP contribution in [0.25, 0.3) is 0 Å². The lowest BCUT2D eigenvalue weighted by Gasteiger charge is -2.20. The van der Waals surface area contributed by atoms with Crippen LogP contribution in [-0.2, 0) is 24.3 Å². The van der Waals surface area contributed by atoms with Gasteiger partial charge in [0.1, 0.15) is 5.75 Å². The number of sulfonamides is 1. The maximum absolute atomic E-state index is 13.2. The first kappa shape index (κ1) is 56.6. The van der Waals surface area contributed by atoms with E-state index < -0.39 is 16.1 Å². The summed E-state index contributed by atoms with van der Waals surface area (Å²) in [6, 6.07) is 0.952. The number of hydrogen-bond donors (Lipinski definition) is 4. The number of unbranched alkanes of at least 4 members (excludes halogenated alkanes) is 24. The molecule has 1 unspecified atom stereocenters. The number of guanidine groups is 1. The SMILES string of the molecule is CCCCCCCCCCCCCCCCCCOCC(CNC(=O)[C@@H](N)CCCN=C(N)NS(=O)(=O)c1c(C)cc(OC)c(C)c1C)OCCCCCCCCCCCC. The van der Waals surface area contributed by atoms with Gasteiger partial charge in [0, 0.05) is 26.3 Å². The van der Waals surface area contributed by atoms with E-state index in [2.05, 4.69) is 28.9 Å². The number of nitrogens with one attached hydrogen (secondary N) is 2. The molecule has 0 heterocycles. The lowest BCUT2D eigenvalue weighted by atomic mass is 10.0. The standard InChI is InChI=1S/C49H93N5O6S/c1-7-9-11-13-15-17-19-20-21-22-23-24-25-27-29-31-36-59-40-44(60-37-32-30-28-26-18-16-14-12-10-8-2)39-53-48(55)45(50)34-33-35-52-49(51)54-61(56,57)47-41(3)38-46(58-6)42(4)43(47)5/h38,44-45H,7-37,39-40,50H2,1-6H3,(H,53,55)(H3,51,52,54)/t44?,45-/m0/s1. The number of hydrogen-bond acceptors (Lipinski definition) is 8. The molecule has 0 aliphatic carbocycles. The quantitative estimate of drug-likeness (QED) is 0.0286. The first-order valence-electron chi connectivity index (χ1n) is 24.7. The fourth-order valence-electron chi connectivity index (χ4n) is 7.83. The summed E-state index contributed by atoms with van der Waals surface area (Å²) in [7, 11) is -2.41. The van der Waals surface area contributed by atoms with Gasteiger partial charge in [-0.25, -0.2) is 13.1 Å². The Balaban J connectivity index is 2.42. The zero-order chi connectivity index (χ0) is 45.0. The van der Waals surface area contributed by atoms with E-state index >= 15 is 0 Å². The minimum Gasteiger partial charge on any atom is -0.496 e. The highest BCUT2D eigenvalue weighted by Crippen LogP contribution is 2.30. The highest BCUT2D eigenvalue weighted by Gasteiger charge is 2.24. The number of amides is 1. The van der Waals surface area contributed by atoms with Crippen molar-refractivity contribution < 1.29 is 27.4 Å². The molecule has 1 amide bonds. The number of rotatable bonds is 41. The predicted octanol–water partition coefficient (Wildman–Crippen LogP) is 11.0. The van der Waals surface area contributed by atoms with Gasteiger partial charge in [-0.05, 0) is 69.2 Å². The number of methoxy groups -OCH3 is 1. The van der Waals surface area contributed by atoms with Gasteiger partial charge in [-0.2, -0.15) is 0 Å². The summed E-state index contributed by atoms with van der Waals surface area (Å²) in [4.78, 5) is 17.3. The van der Waals surface area contributed by atoms with Gasteiger partial charge in [0.15, 0.2) is 0 Å². The highest BCUT2D eigenvalue weighted by molar-refractivity contribution is 7.90. The Morgan fingerprint density at radius 2 is 1.15 bits per heavy atom. The number of aryl methyl sites for hydroxylation is 1. The molecule has 0 bridgehead atoms. The molecule has 0 radical (unpaired) electrons. The normalized spacial score (nSPS) is 13.1. The van der Waals surface area contributed by atoms with E-state index in [0.29, 0.717) is 56.1 Å². The van der Waals surface area contributed by atoms with Crippen LogP contribution in [0, 0.1) is 20.8 Å². The van der Waals surface area contributed by atoms with E-state index in [9.17, 15) is 13.2 Å². The molecule has 0 saturated carbocycles. The van der Waals surface area contributed by atoms with Crippen LogP contribution in [0.4, 0.5) is 0 Å². The van der Waals surface area contributed by atoms with E-state index in [1.165, 1.54) is 148 Å². The predicted molar refractivity (Wildman–Crippen MR) is 256 cm³/mol. The first-order valence-corrected chi connectivity index (χ1v) is 26.2. The van der Waals surface area contributed by atoms with Crippen LogP contribution < -0.4 is 26.2 Å². The number of nitrogens with zero attached hydrogens (tertiary/aromatic N) is 1. The van der Waals surface area contributed by atoms with Gasteiger partial charge in [-0.3, -0.25) is 9.79 Å². The fraction of sp³-hybridized carbons (Fsp3) is 0.837. The van der Waals surface area contributed by atoms with Crippen LogP contribution in [-0.4, -0.2) is 72.5 Å². The minimum atomic E-state index is -3.96. The van der Waals surface area contributed by atoms with Crippen molar-refractivity contribution in [2.75, 3.05) is 40.0 Å². The second-order valence-electron chi connectivity index (χ2n) is 17.4. The Morgan fingerprint density at radius 3 is 1.62 bits per heavy atom. The third-order valence-electron chi connectivity index (χ3n) is 11.8. The second kappa shape index (κ2) is 37.0. The second-order valence-corrected chi connectivity index (χ2v) is 19.0. The van der Waals surface area contributed by atoms with Gasteiger partial charge >= 0.3 is 0 Å². The van der Waals surface area contributed by atoms with Crippen molar-refractivity contribution in [3.63, 3.8) is 0 Å². The van der Waals surface area contributed by atoms with Crippen molar-refractivity contribution in [2.45, 2.75) is 231 Å². The van der Waals surface area contributed by atoms with Crippen molar-refractivity contribution in [3.05, 3.63) is 22.8 Å². The fourth-order valence-corrected chi connectivity index (χ4v) is 9.31. The van der Waals surface area contributed by atoms with Crippen molar-refractivity contribution in [2.24, 2.45) is 16.5 Å². The number of carbonyl (C=O) groups is 1. The average molecular weight is 880 g/mol. The summed E-state index contributed by atoms with van der Waals surface area (Å²) in [5, 5.41) is 2.97. The molecule has 1 aromatic rings. The Hall–Kier alpha value is -2.41. The van der Waals surface area contributed by atoms with Crippen molar-refractivity contribution in [1.82, 2.24) is 10.0 Å². The average Bonchev–Trinajstić information content (AvgIpc) is 3.23. The lowest BCUT2D eigenvalue weighted by Crippen LogP contribution is -2.45. The zero-order valence-corrected chi connectivity index (χ0v) is 40.8. The number of ether oxygens (including phenoxy) is 3. The Labute approximate surface area is 374 Å². The molecule has 6 N–H and O–H groups in total. The van der Waals surface area contributed by atoms with E-state index in [1.807, 2.05) is 6.92 Å². The summed E-state index contributed by atoms with van der Waals surface area (Å²) in [6.45, 7) is 12.1. The van der Waals surface area contributed by atoms with Crippen LogP contribution in [0.2, 0.25) is 0 Å². The molecule has 356 valence electrons. The lowest BCUT2D eigenvalue weighted by molar-refractivity contribution is -0.123. The molecule has 0 aliphatic heterocycles. The van der Waals surface area contributed by atoms with Crippen LogP contribution in [0.15, 0.2) is 16.0 Å². The molecule has 0 fully saturated rings. The molecular formula is C49H93N5O6S. The van der Waals surface area contributed by atoms with E-state index in [1.54, 1.807) is 27.0 Å². The highest BCUT2D eigenvalue weighted by atomic mass is 32.2. The number of nitrogens with two attached hydrogens (primary N) is 2.